The third-order valence-corrected chi connectivity index (χ3v) is 2.84. The molecule has 2 aromatic rings. The van der Waals surface area contributed by atoms with Crippen molar-refractivity contribution in [2.45, 2.75) is 13.2 Å². The number of nitrogens with zero attached hydrogens (tertiary/aromatic N) is 3. The van der Waals surface area contributed by atoms with E-state index in [9.17, 15) is 5.11 Å². The van der Waals surface area contributed by atoms with Gasteiger partial charge in [0.15, 0.2) is 11.6 Å². The van der Waals surface area contributed by atoms with Crippen LogP contribution in [0.25, 0.3) is 11.4 Å². The number of halogens is 1. The molecule has 96 valence electrons. The van der Waals surface area contributed by atoms with E-state index in [4.69, 9.17) is 16.3 Å². The SMILES string of the molecule is COCCn1c(CO)nnc1-c1ccc(Cl)cc1. The normalized spacial score (nSPS) is 10.8. The number of aliphatic hydroxyl groups excluding tert-OH is 1. The molecule has 0 spiro atoms. The van der Waals surface area contributed by atoms with E-state index >= 15 is 0 Å². The second-order valence-electron chi connectivity index (χ2n) is 3.75. The molecule has 0 amide bonds. The Balaban J connectivity index is 2.37. The molecular weight excluding hydrogens is 254 g/mol. The molecule has 0 aliphatic heterocycles. The minimum absolute atomic E-state index is 0.149. The summed E-state index contributed by atoms with van der Waals surface area (Å²) in [6.45, 7) is 0.979. The first-order valence-corrected chi connectivity index (χ1v) is 5.92. The lowest BCUT2D eigenvalue weighted by molar-refractivity contribution is 0.183. The van der Waals surface area contributed by atoms with Crippen LogP contribution < -0.4 is 0 Å². The zero-order valence-electron chi connectivity index (χ0n) is 10.0. The first-order valence-electron chi connectivity index (χ1n) is 5.54. The van der Waals surface area contributed by atoms with Gasteiger partial charge in [-0.3, -0.25) is 0 Å². The van der Waals surface area contributed by atoms with Crippen molar-refractivity contribution < 1.29 is 9.84 Å². The molecular formula is C12H14ClN3O2. The van der Waals surface area contributed by atoms with Crippen molar-refractivity contribution in [3.8, 4) is 11.4 Å². The van der Waals surface area contributed by atoms with Gasteiger partial charge in [-0.25, -0.2) is 0 Å². The van der Waals surface area contributed by atoms with Gasteiger partial charge in [0.2, 0.25) is 0 Å². The van der Waals surface area contributed by atoms with E-state index < -0.39 is 0 Å². The van der Waals surface area contributed by atoms with Gasteiger partial charge in [-0.1, -0.05) is 11.6 Å². The van der Waals surface area contributed by atoms with E-state index in [0.717, 1.165) is 5.56 Å². The quantitative estimate of drug-likeness (QED) is 0.896. The average Bonchev–Trinajstić information content (AvgIpc) is 2.80. The summed E-state index contributed by atoms with van der Waals surface area (Å²) in [5.41, 5.74) is 0.905. The number of rotatable bonds is 5. The molecule has 6 heteroatoms. The van der Waals surface area contributed by atoms with E-state index in [1.165, 1.54) is 0 Å². The lowest BCUT2D eigenvalue weighted by Gasteiger charge is -2.08. The lowest BCUT2D eigenvalue weighted by Crippen LogP contribution is -2.09. The molecule has 0 radical (unpaired) electrons. The number of hydrogen-bond acceptors (Lipinski definition) is 4. The summed E-state index contributed by atoms with van der Waals surface area (Å²) < 4.78 is 6.89. The molecule has 1 aromatic carbocycles. The first kappa shape index (κ1) is 13.0. The Labute approximate surface area is 110 Å². The van der Waals surface area contributed by atoms with E-state index in [1.54, 1.807) is 19.2 Å². The van der Waals surface area contributed by atoms with Crippen LogP contribution in [0.5, 0.6) is 0 Å². The van der Waals surface area contributed by atoms with E-state index in [0.29, 0.717) is 29.8 Å². The third-order valence-electron chi connectivity index (χ3n) is 2.59. The Morgan fingerprint density at radius 2 is 2.00 bits per heavy atom. The fraction of sp³-hybridized carbons (Fsp3) is 0.333. The fourth-order valence-electron chi connectivity index (χ4n) is 1.68. The van der Waals surface area contributed by atoms with Gasteiger partial charge < -0.3 is 14.4 Å². The second-order valence-corrected chi connectivity index (χ2v) is 4.19. The highest BCUT2D eigenvalue weighted by Crippen LogP contribution is 2.20. The maximum absolute atomic E-state index is 9.24. The van der Waals surface area contributed by atoms with Crippen LogP contribution in [0, 0.1) is 0 Å². The molecule has 2 rings (SSSR count). The Hall–Kier alpha value is -1.43. The monoisotopic (exact) mass is 267 g/mol. The largest absolute Gasteiger partial charge is 0.388 e. The van der Waals surface area contributed by atoms with Crippen molar-refractivity contribution in [1.82, 2.24) is 14.8 Å². The highest BCUT2D eigenvalue weighted by Gasteiger charge is 2.12. The number of hydrogen-bond donors (Lipinski definition) is 1. The summed E-state index contributed by atoms with van der Waals surface area (Å²) in [7, 11) is 1.63. The van der Waals surface area contributed by atoms with E-state index in [1.807, 2.05) is 16.7 Å². The van der Waals surface area contributed by atoms with Crippen molar-refractivity contribution in [2.75, 3.05) is 13.7 Å². The van der Waals surface area contributed by atoms with Gasteiger partial charge in [0.05, 0.1) is 6.61 Å². The molecule has 0 atom stereocenters. The zero-order chi connectivity index (χ0) is 13.0. The second kappa shape index (κ2) is 5.95. The molecule has 18 heavy (non-hydrogen) atoms. The van der Waals surface area contributed by atoms with Crippen LogP contribution in [0.4, 0.5) is 0 Å². The van der Waals surface area contributed by atoms with Crippen molar-refractivity contribution in [2.24, 2.45) is 0 Å². The highest BCUT2D eigenvalue weighted by molar-refractivity contribution is 6.30. The predicted molar refractivity (Wildman–Crippen MR) is 68.3 cm³/mol. The first-order chi connectivity index (χ1) is 8.76. The van der Waals surface area contributed by atoms with Crippen LogP contribution in [-0.2, 0) is 17.9 Å². The van der Waals surface area contributed by atoms with Crippen LogP contribution in [0.1, 0.15) is 5.82 Å². The van der Waals surface area contributed by atoms with Gasteiger partial charge in [-0.05, 0) is 24.3 Å². The van der Waals surface area contributed by atoms with E-state index in [-0.39, 0.29) is 6.61 Å². The fourth-order valence-corrected chi connectivity index (χ4v) is 1.81. The number of aliphatic hydroxyl groups is 1. The Morgan fingerprint density at radius 3 is 2.61 bits per heavy atom. The maximum Gasteiger partial charge on any atom is 0.164 e. The zero-order valence-corrected chi connectivity index (χ0v) is 10.8. The summed E-state index contributed by atoms with van der Waals surface area (Å²) >= 11 is 5.85. The summed E-state index contributed by atoms with van der Waals surface area (Å²) in [5, 5.41) is 18.0. The van der Waals surface area contributed by atoms with Crippen LogP contribution in [0.15, 0.2) is 24.3 Å². The van der Waals surface area contributed by atoms with Gasteiger partial charge >= 0.3 is 0 Å². The number of methoxy groups -OCH3 is 1. The van der Waals surface area contributed by atoms with E-state index in [2.05, 4.69) is 10.2 Å². The summed E-state index contributed by atoms with van der Waals surface area (Å²) in [4.78, 5) is 0. The van der Waals surface area contributed by atoms with Crippen LogP contribution >= 0.6 is 11.6 Å². The molecule has 5 nitrogen and oxygen atoms in total. The molecule has 0 unspecified atom stereocenters. The predicted octanol–water partition coefficient (Wildman–Crippen LogP) is 1.74. The molecule has 0 saturated heterocycles. The third kappa shape index (κ3) is 2.69. The molecule has 0 aliphatic carbocycles. The van der Waals surface area contributed by atoms with Gasteiger partial charge in [0.25, 0.3) is 0 Å². The van der Waals surface area contributed by atoms with Gasteiger partial charge in [0.1, 0.15) is 6.61 Å². The summed E-state index contributed by atoms with van der Waals surface area (Å²) in [6, 6.07) is 7.34. The molecule has 1 aromatic heterocycles. The molecule has 0 bridgehead atoms. The van der Waals surface area contributed by atoms with Crippen LogP contribution in [0.3, 0.4) is 0 Å². The number of ether oxygens (including phenoxy) is 1. The Bertz CT molecular complexity index is 511. The molecule has 1 heterocycles. The highest BCUT2D eigenvalue weighted by atomic mass is 35.5. The number of aromatic nitrogens is 3. The van der Waals surface area contributed by atoms with Crippen LogP contribution in [-0.4, -0.2) is 33.6 Å². The minimum atomic E-state index is -0.149. The van der Waals surface area contributed by atoms with Crippen molar-refractivity contribution in [1.29, 1.82) is 0 Å². The molecule has 0 saturated carbocycles. The van der Waals surface area contributed by atoms with Crippen molar-refractivity contribution in [3.05, 3.63) is 35.1 Å². The minimum Gasteiger partial charge on any atom is -0.388 e. The smallest absolute Gasteiger partial charge is 0.164 e. The molecule has 0 aliphatic rings. The molecule has 0 fully saturated rings. The Kier molecular flexibility index (Phi) is 4.30. The standard InChI is InChI=1S/C12H14ClN3O2/c1-18-7-6-16-11(8-17)14-15-12(16)9-2-4-10(13)5-3-9/h2-5,17H,6-8H2,1H3. The lowest BCUT2D eigenvalue weighted by atomic mass is 10.2. The van der Waals surface area contributed by atoms with Gasteiger partial charge in [0, 0.05) is 24.2 Å². The van der Waals surface area contributed by atoms with Crippen molar-refractivity contribution >= 4 is 11.6 Å². The van der Waals surface area contributed by atoms with Gasteiger partial charge in [-0.15, -0.1) is 10.2 Å². The Morgan fingerprint density at radius 1 is 1.28 bits per heavy atom. The average molecular weight is 268 g/mol. The molecule has 1 N–H and O–H groups in total. The van der Waals surface area contributed by atoms with Gasteiger partial charge in [-0.2, -0.15) is 0 Å². The maximum atomic E-state index is 9.24. The summed E-state index contributed by atoms with van der Waals surface area (Å²) in [5.74, 6) is 1.23. The van der Waals surface area contributed by atoms with Crippen LogP contribution in [0.2, 0.25) is 5.02 Å². The van der Waals surface area contributed by atoms with Crippen molar-refractivity contribution in [3.63, 3.8) is 0 Å². The number of benzene rings is 1. The topological polar surface area (TPSA) is 60.2 Å². The summed E-state index contributed by atoms with van der Waals surface area (Å²) in [6.07, 6.45) is 0.